The van der Waals surface area contributed by atoms with Crippen LogP contribution in [-0.2, 0) is 0 Å². The van der Waals surface area contributed by atoms with Gasteiger partial charge in [-0.25, -0.2) is 9.59 Å². The van der Waals surface area contributed by atoms with Crippen LogP contribution >= 0.6 is 0 Å². The average molecular weight is 251 g/mol. The highest BCUT2D eigenvalue weighted by molar-refractivity contribution is 5.97. The first-order chi connectivity index (χ1) is 8.41. The van der Waals surface area contributed by atoms with Gasteiger partial charge in [0, 0.05) is 12.6 Å². The van der Waals surface area contributed by atoms with Crippen molar-refractivity contribution in [3.8, 4) is 0 Å². The fourth-order valence-electron chi connectivity index (χ4n) is 1.26. The first-order valence-corrected chi connectivity index (χ1v) is 5.23. The Hall–Kier alpha value is -2.21. The molecule has 1 aromatic carbocycles. The number of rotatable bonds is 5. The molecule has 1 aromatic rings. The Morgan fingerprint density at radius 3 is 2.50 bits per heavy atom. The predicted octanol–water partition coefficient (Wildman–Crippen LogP) is 1.56. The van der Waals surface area contributed by atoms with Gasteiger partial charge >= 0.3 is 11.9 Å². The predicted molar refractivity (Wildman–Crippen MR) is 64.8 cm³/mol. The number of hydrogen-bond donors (Lipinski definition) is 3. The van der Waals surface area contributed by atoms with Crippen LogP contribution in [0.5, 0.6) is 0 Å². The lowest BCUT2D eigenvalue weighted by atomic mass is 10.1. The van der Waals surface area contributed by atoms with Crippen LogP contribution in [0.2, 0.25) is 0 Å². The number of hydrogen-bond acceptors (Lipinski definition) is 4. The number of aromatic carboxylic acids is 2. The SMILES string of the molecule is CC(O)C/C=N/c1cc(C(=O)O)ccc1C(=O)O. The van der Waals surface area contributed by atoms with Crippen molar-refractivity contribution >= 4 is 23.8 Å². The van der Waals surface area contributed by atoms with Gasteiger partial charge in [0.2, 0.25) is 0 Å². The van der Waals surface area contributed by atoms with Gasteiger partial charge in [-0.15, -0.1) is 0 Å². The summed E-state index contributed by atoms with van der Waals surface area (Å²) in [5.41, 5.74) is -0.0610. The van der Waals surface area contributed by atoms with Crippen LogP contribution in [0.4, 0.5) is 5.69 Å². The maximum atomic E-state index is 10.9. The zero-order chi connectivity index (χ0) is 13.7. The molecule has 0 spiro atoms. The third-order valence-corrected chi connectivity index (χ3v) is 2.15. The summed E-state index contributed by atoms with van der Waals surface area (Å²) in [5, 5.41) is 26.8. The molecule has 0 saturated carbocycles. The number of carboxylic acids is 2. The van der Waals surface area contributed by atoms with Crippen LogP contribution in [0.3, 0.4) is 0 Å². The molecular formula is C12H13NO5. The minimum atomic E-state index is -1.18. The molecule has 96 valence electrons. The molecule has 0 fully saturated rings. The van der Waals surface area contributed by atoms with Crippen LogP contribution in [-0.4, -0.2) is 39.6 Å². The maximum absolute atomic E-state index is 10.9. The number of benzene rings is 1. The van der Waals surface area contributed by atoms with Crippen LogP contribution in [0.25, 0.3) is 0 Å². The maximum Gasteiger partial charge on any atom is 0.337 e. The standard InChI is InChI=1S/C12H13NO5/c1-7(14)4-5-13-10-6-8(11(15)16)2-3-9(10)12(17)18/h2-3,5-7,14H,4H2,1H3,(H,15,16)(H,17,18)/b13-5+. The third kappa shape index (κ3) is 3.67. The van der Waals surface area contributed by atoms with Crippen molar-refractivity contribution in [1.82, 2.24) is 0 Å². The molecule has 0 bridgehead atoms. The summed E-state index contributed by atoms with van der Waals surface area (Å²) in [4.78, 5) is 25.6. The second-order valence-corrected chi connectivity index (χ2v) is 3.74. The molecule has 0 heterocycles. The Balaban J connectivity index is 3.11. The van der Waals surface area contributed by atoms with Crippen LogP contribution in [0.15, 0.2) is 23.2 Å². The monoisotopic (exact) mass is 251 g/mol. The van der Waals surface area contributed by atoms with Gasteiger partial charge in [-0.2, -0.15) is 0 Å². The largest absolute Gasteiger partial charge is 0.478 e. The van der Waals surface area contributed by atoms with Gasteiger partial charge in [0.15, 0.2) is 0 Å². The lowest BCUT2D eigenvalue weighted by Gasteiger charge is -2.03. The molecule has 1 atom stereocenters. The summed E-state index contributed by atoms with van der Waals surface area (Å²) < 4.78 is 0. The molecule has 0 amide bonds. The summed E-state index contributed by atoms with van der Waals surface area (Å²) >= 11 is 0. The number of carbonyl (C=O) groups is 2. The Labute approximate surface area is 103 Å². The zero-order valence-electron chi connectivity index (χ0n) is 9.70. The molecule has 6 heteroatoms. The molecule has 0 aliphatic heterocycles. The summed E-state index contributed by atoms with van der Waals surface area (Å²) in [6.45, 7) is 1.57. The topological polar surface area (TPSA) is 107 Å². The number of aliphatic hydroxyl groups is 1. The molecule has 0 radical (unpaired) electrons. The molecule has 18 heavy (non-hydrogen) atoms. The summed E-state index contributed by atoms with van der Waals surface area (Å²) in [6, 6.07) is 3.59. The van der Waals surface area contributed by atoms with E-state index >= 15 is 0 Å². The van der Waals surface area contributed by atoms with E-state index < -0.39 is 18.0 Å². The lowest BCUT2D eigenvalue weighted by molar-refractivity contribution is 0.0682. The van der Waals surface area contributed by atoms with Gasteiger partial charge in [-0.05, 0) is 25.1 Å². The van der Waals surface area contributed by atoms with E-state index in [2.05, 4.69) is 4.99 Å². The number of aliphatic hydroxyl groups excluding tert-OH is 1. The summed E-state index contributed by atoms with van der Waals surface area (Å²) in [7, 11) is 0. The molecule has 1 rings (SSSR count). The van der Waals surface area contributed by atoms with E-state index in [1.165, 1.54) is 24.4 Å². The Bertz CT molecular complexity index is 493. The number of carboxylic acid groups (broad SMARTS) is 2. The van der Waals surface area contributed by atoms with Gasteiger partial charge in [0.25, 0.3) is 0 Å². The fourth-order valence-corrected chi connectivity index (χ4v) is 1.26. The highest BCUT2D eigenvalue weighted by Gasteiger charge is 2.12. The molecular weight excluding hydrogens is 238 g/mol. The highest BCUT2D eigenvalue weighted by Crippen LogP contribution is 2.21. The minimum absolute atomic E-state index is 0.0378. The highest BCUT2D eigenvalue weighted by atomic mass is 16.4. The van der Waals surface area contributed by atoms with Gasteiger partial charge in [-0.1, -0.05) is 0 Å². The molecule has 1 unspecified atom stereocenters. The van der Waals surface area contributed by atoms with E-state index in [1.54, 1.807) is 6.92 Å². The van der Waals surface area contributed by atoms with Gasteiger partial charge in [0.05, 0.1) is 22.9 Å². The van der Waals surface area contributed by atoms with E-state index in [0.29, 0.717) is 0 Å². The fraction of sp³-hybridized carbons (Fsp3) is 0.250. The Morgan fingerprint density at radius 1 is 1.33 bits per heavy atom. The van der Waals surface area contributed by atoms with Crippen molar-refractivity contribution in [1.29, 1.82) is 0 Å². The van der Waals surface area contributed by atoms with Gasteiger partial charge in [0.1, 0.15) is 0 Å². The van der Waals surface area contributed by atoms with E-state index in [4.69, 9.17) is 15.3 Å². The molecule has 0 aliphatic rings. The molecule has 6 nitrogen and oxygen atoms in total. The molecule has 3 N–H and O–H groups in total. The first kappa shape index (κ1) is 13.9. The van der Waals surface area contributed by atoms with Crippen molar-refractivity contribution in [2.45, 2.75) is 19.4 Å². The second kappa shape index (κ2) is 5.92. The number of aliphatic imine (C=N–C) groups is 1. The third-order valence-electron chi connectivity index (χ3n) is 2.15. The van der Waals surface area contributed by atoms with E-state index in [1.807, 2.05) is 0 Å². The lowest BCUT2D eigenvalue weighted by Crippen LogP contribution is -2.02. The smallest absolute Gasteiger partial charge is 0.337 e. The van der Waals surface area contributed by atoms with Crippen LogP contribution < -0.4 is 0 Å². The molecule has 0 aromatic heterocycles. The van der Waals surface area contributed by atoms with E-state index in [-0.39, 0.29) is 23.2 Å². The van der Waals surface area contributed by atoms with E-state index in [9.17, 15) is 9.59 Å². The normalized spacial score (nSPS) is 12.6. The Kier molecular flexibility index (Phi) is 4.56. The minimum Gasteiger partial charge on any atom is -0.478 e. The average Bonchev–Trinajstić information content (AvgIpc) is 2.27. The summed E-state index contributed by atoms with van der Waals surface area (Å²) in [6.07, 6.45) is 1.03. The van der Waals surface area contributed by atoms with Crippen molar-refractivity contribution in [2.75, 3.05) is 0 Å². The van der Waals surface area contributed by atoms with Crippen molar-refractivity contribution in [3.63, 3.8) is 0 Å². The van der Waals surface area contributed by atoms with Gasteiger partial charge in [-0.3, -0.25) is 4.99 Å². The molecule has 0 saturated heterocycles. The summed E-state index contributed by atoms with van der Waals surface area (Å²) in [5.74, 6) is -2.34. The van der Waals surface area contributed by atoms with Crippen molar-refractivity contribution in [2.24, 2.45) is 4.99 Å². The van der Waals surface area contributed by atoms with Crippen LogP contribution in [0.1, 0.15) is 34.1 Å². The first-order valence-electron chi connectivity index (χ1n) is 5.23. The quantitative estimate of drug-likeness (QED) is 0.688. The van der Waals surface area contributed by atoms with Crippen molar-refractivity contribution < 1.29 is 24.9 Å². The Morgan fingerprint density at radius 2 is 2.00 bits per heavy atom. The zero-order valence-corrected chi connectivity index (χ0v) is 9.70. The van der Waals surface area contributed by atoms with Gasteiger partial charge < -0.3 is 15.3 Å². The van der Waals surface area contributed by atoms with E-state index in [0.717, 1.165) is 0 Å². The van der Waals surface area contributed by atoms with Crippen molar-refractivity contribution in [3.05, 3.63) is 29.3 Å². The number of nitrogens with zero attached hydrogens (tertiary/aromatic N) is 1. The van der Waals surface area contributed by atoms with Crippen LogP contribution in [0, 0.1) is 0 Å². The second-order valence-electron chi connectivity index (χ2n) is 3.74. The molecule has 0 aliphatic carbocycles.